The maximum absolute atomic E-state index is 5.68. The van der Waals surface area contributed by atoms with Crippen molar-refractivity contribution in [1.82, 2.24) is 15.1 Å². The Hall–Kier alpha value is -0.900. The summed E-state index contributed by atoms with van der Waals surface area (Å²) in [4.78, 5) is 9.55. The summed E-state index contributed by atoms with van der Waals surface area (Å²) in [5, 5.41) is 3.68. The number of hydrogen-bond donors (Lipinski definition) is 1. The number of nitrogens with one attached hydrogen (secondary N) is 1. The van der Waals surface area contributed by atoms with Gasteiger partial charge in [0.15, 0.2) is 5.96 Å². The number of hydrogen-bond acceptors (Lipinski definition) is 4. The zero-order valence-corrected chi connectivity index (χ0v) is 20.1. The van der Waals surface area contributed by atoms with E-state index < -0.39 is 0 Å². The summed E-state index contributed by atoms with van der Waals surface area (Å²) in [5.41, 5.74) is 3.00. The van der Waals surface area contributed by atoms with Crippen LogP contribution in [0.3, 0.4) is 0 Å². The van der Waals surface area contributed by atoms with Crippen LogP contribution < -0.4 is 5.32 Å². The third-order valence-corrected chi connectivity index (χ3v) is 6.54. The fourth-order valence-corrected chi connectivity index (χ4v) is 4.74. The van der Waals surface area contributed by atoms with Gasteiger partial charge in [-0.25, -0.2) is 0 Å². The number of nitrogens with zero attached hydrogens (tertiary/aromatic N) is 3. The summed E-state index contributed by atoms with van der Waals surface area (Å²) in [5.74, 6) is 1.02. The SMILES string of the molecule is CN=C(NCC(c1ccc(C)cc1)N1CCOCC1)N1CCC2(CCOC2)C1.I. The van der Waals surface area contributed by atoms with Crippen molar-refractivity contribution in [3.05, 3.63) is 35.4 Å². The predicted molar refractivity (Wildman–Crippen MR) is 127 cm³/mol. The van der Waals surface area contributed by atoms with Crippen LogP contribution in [0.15, 0.2) is 29.3 Å². The first kappa shape index (κ1) is 22.8. The first-order valence-corrected chi connectivity index (χ1v) is 10.6. The van der Waals surface area contributed by atoms with Gasteiger partial charge in [-0.2, -0.15) is 0 Å². The van der Waals surface area contributed by atoms with E-state index in [0.717, 1.165) is 65.1 Å². The number of morpholine rings is 1. The van der Waals surface area contributed by atoms with Crippen molar-refractivity contribution in [3.63, 3.8) is 0 Å². The van der Waals surface area contributed by atoms with Crippen molar-refractivity contribution < 1.29 is 9.47 Å². The summed E-state index contributed by atoms with van der Waals surface area (Å²) in [6, 6.07) is 9.28. The number of rotatable bonds is 4. The van der Waals surface area contributed by atoms with E-state index in [1.54, 1.807) is 0 Å². The average molecular weight is 514 g/mol. The van der Waals surface area contributed by atoms with E-state index in [2.05, 4.69) is 51.3 Å². The quantitative estimate of drug-likeness (QED) is 0.381. The lowest BCUT2D eigenvalue weighted by molar-refractivity contribution is 0.0169. The first-order chi connectivity index (χ1) is 13.7. The number of ether oxygens (including phenoxy) is 2. The largest absolute Gasteiger partial charge is 0.381 e. The Labute approximate surface area is 192 Å². The van der Waals surface area contributed by atoms with Gasteiger partial charge < -0.3 is 19.7 Å². The van der Waals surface area contributed by atoms with Crippen molar-refractivity contribution in [2.24, 2.45) is 10.4 Å². The predicted octanol–water partition coefficient (Wildman–Crippen LogP) is 2.67. The standard InChI is InChI=1S/C22H34N4O2.HI/c1-18-3-5-19(6-4-18)20(25-10-13-27-14-11-25)15-24-21(23-2)26-9-7-22(16-26)8-12-28-17-22;/h3-6,20H,7-17H2,1-2H3,(H,23,24);1H. The lowest BCUT2D eigenvalue weighted by Crippen LogP contribution is -2.47. The van der Waals surface area contributed by atoms with Crippen molar-refractivity contribution in [3.8, 4) is 0 Å². The minimum absolute atomic E-state index is 0. The molecule has 162 valence electrons. The van der Waals surface area contributed by atoms with Gasteiger partial charge in [-0.05, 0) is 25.3 Å². The summed E-state index contributed by atoms with van der Waals surface area (Å²) in [6.07, 6.45) is 2.39. The molecule has 29 heavy (non-hydrogen) atoms. The molecule has 0 saturated carbocycles. The highest BCUT2D eigenvalue weighted by atomic mass is 127. The van der Waals surface area contributed by atoms with E-state index >= 15 is 0 Å². The number of benzene rings is 1. The van der Waals surface area contributed by atoms with Gasteiger partial charge in [0.05, 0.1) is 25.9 Å². The van der Waals surface area contributed by atoms with Crippen molar-refractivity contribution >= 4 is 29.9 Å². The van der Waals surface area contributed by atoms with Gasteiger partial charge in [-0.1, -0.05) is 29.8 Å². The minimum atomic E-state index is 0. The molecule has 0 amide bonds. The maximum atomic E-state index is 5.68. The Bertz CT molecular complexity index is 670. The molecule has 3 aliphatic rings. The van der Waals surface area contributed by atoms with Gasteiger partial charge in [-0.3, -0.25) is 9.89 Å². The molecule has 2 atom stereocenters. The minimum Gasteiger partial charge on any atom is -0.381 e. The molecule has 4 rings (SSSR count). The third kappa shape index (κ3) is 5.42. The van der Waals surface area contributed by atoms with E-state index in [1.165, 1.54) is 24.0 Å². The number of guanidine groups is 1. The van der Waals surface area contributed by atoms with Crippen molar-refractivity contribution in [2.45, 2.75) is 25.8 Å². The van der Waals surface area contributed by atoms with E-state index in [4.69, 9.17) is 9.47 Å². The highest BCUT2D eigenvalue weighted by Crippen LogP contribution is 2.38. The van der Waals surface area contributed by atoms with E-state index in [1.807, 2.05) is 7.05 Å². The smallest absolute Gasteiger partial charge is 0.193 e. The van der Waals surface area contributed by atoms with Gasteiger partial charge >= 0.3 is 0 Å². The highest BCUT2D eigenvalue weighted by Gasteiger charge is 2.42. The molecule has 6 nitrogen and oxygen atoms in total. The summed E-state index contributed by atoms with van der Waals surface area (Å²) in [6.45, 7) is 10.5. The molecule has 3 saturated heterocycles. The average Bonchev–Trinajstić information content (AvgIpc) is 3.37. The normalized spacial score (nSPS) is 26.6. The van der Waals surface area contributed by atoms with Gasteiger partial charge in [0.2, 0.25) is 0 Å². The Morgan fingerprint density at radius 1 is 1.10 bits per heavy atom. The second-order valence-corrected chi connectivity index (χ2v) is 8.48. The molecular weight excluding hydrogens is 479 g/mol. The van der Waals surface area contributed by atoms with Gasteiger partial charge in [0.1, 0.15) is 0 Å². The Morgan fingerprint density at radius 3 is 2.52 bits per heavy atom. The van der Waals surface area contributed by atoms with Crippen LogP contribution in [0.2, 0.25) is 0 Å². The van der Waals surface area contributed by atoms with Gasteiger partial charge in [-0.15, -0.1) is 24.0 Å². The number of aryl methyl sites for hydroxylation is 1. The van der Waals surface area contributed by atoms with Crippen molar-refractivity contribution in [2.75, 3.05) is 66.2 Å². The molecule has 0 aromatic heterocycles. The van der Waals surface area contributed by atoms with Crippen LogP contribution in [0.1, 0.15) is 30.0 Å². The maximum Gasteiger partial charge on any atom is 0.193 e. The van der Waals surface area contributed by atoms with Crippen LogP contribution in [0.25, 0.3) is 0 Å². The Balaban J connectivity index is 0.00000240. The molecule has 0 aliphatic carbocycles. The Kier molecular flexibility index (Phi) is 8.18. The fourth-order valence-electron chi connectivity index (χ4n) is 4.74. The van der Waals surface area contributed by atoms with Crippen LogP contribution in [-0.2, 0) is 9.47 Å². The molecule has 1 aromatic carbocycles. The molecule has 3 heterocycles. The molecule has 3 fully saturated rings. The molecule has 1 aromatic rings. The molecule has 1 N–H and O–H groups in total. The summed E-state index contributed by atoms with van der Waals surface area (Å²) in [7, 11) is 1.90. The van der Waals surface area contributed by atoms with Crippen LogP contribution in [0.4, 0.5) is 0 Å². The van der Waals surface area contributed by atoms with E-state index in [-0.39, 0.29) is 24.0 Å². The molecule has 3 aliphatic heterocycles. The van der Waals surface area contributed by atoms with Crippen LogP contribution in [-0.4, -0.2) is 82.0 Å². The third-order valence-electron chi connectivity index (χ3n) is 6.54. The number of halogens is 1. The van der Waals surface area contributed by atoms with Crippen LogP contribution in [0.5, 0.6) is 0 Å². The molecule has 2 unspecified atom stereocenters. The van der Waals surface area contributed by atoms with Crippen molar-refractivity contribution in [1.29, 1.82) is 0 Å². The van der Waals surface area contributed by atoms with E-state index in [9.17, 15) is 0 Å². The molecule has 1 spiro atoms. The number of aliphatic imine (C=N–C) groups is 1. The Morgan fingerprint density at radius 2 is 1.86 bits per heavy atom. The summed E-state index contributed by atoms with van der Waals surface area (Å²) < 4.78 is 11.3. The van der Waals surface area contributed by atoms with Gasteiger partial charge in [0, 0.05) is 51.8 Å². The topological polar surface area (TPSA) is 49.3 Å². The number of likely N-dealkylation sites (tertiary alicyclic amines) is 1. The molecule has 0 bridgehead atoms. The fraction of sp³-hybridized carbons (Fsp3) is 0.682. The zero-order chi connectivity index (χ0) is 19.4. The lowest BCUT2D eigenvalue weighted by Gasteiger charge is -2.36. The second-order valence-electron chi connectivity index (χ2n) is 8.48. The van der Waals surface area contributed by atoms with Crippen LogP contribution >= 0.6 is 24.0 Å². The van der Waals surface area contributed by atoms with Gasteiger partial charge in [0.25, 0.3) is 0 Å². The zero-order valence-electron chi connectivity index (χ0n) is 17.7. The molecule has 7 heteroatoms. The first-order valence-electron chi connectivity index (χ1n) is 10.6. The molecular formula is C22H35IN4O2. The summed E-state index contributed by atoms with van der Waals surface area (Å²) >= 11 is 0. The second kappa shape index (κ2) is 10.4. The molecule has 0 radical (unpaired) electrons. The highest BCUT2D eigenvalue weighted by molar-refractivity contribution is 14.0. The lowest BCUT2D eigenvalue weighted by atomic mass is 9.87. The van der Waals surface area contributed by atoms with E-state index in [0.29, 0.717) is 11.5 Å². The van der Waals surface area contributed by atoms with Crippen LogP contribution in [0, 0.1) is 12.3 Å². The monoisotopic (exact) mass is 514 g/mol.